The number of nitrogens with one attached hydrogen (secondary N) is 3. The van der Waals surface area contributed by atoms with E-state index in [0.717, 1.165) is 13.0 Å². The number of aromatic amines is 1. The van der Waals surface area contributed by atoms with E-state index < -0.39 is 0 Å². The van der Waals surface area contributed by atoms with Crippen LogP contribution in [0.5, 0.6) is 6.01 Å². The molecule has 0 aliphatic carbocycles. The predicted molar refractivity (Wildman–Crippen MR) is 104 cm³/mol. The van der Waals surface area contributed by atoms with Crippen LogP contribution in [0.1, 0.15) is 23.6 Å². The standard InChI is InChI=1S/C20H22N6O2/c1-13-9-18(24-17-7-8-22-26-17)25-20(23-13)28-19(27)16-10-15(11-21-12-16)14-5-3-2-4-6-14/h2-9,15-16,21H,10-12H2,1H3,(H2,22,23,24,25,26). The van der Waals surface area contributed by atoms with Crippen molar-refractivity contribution in [3.63, 3.8) is 0 Å². The zero-order valence-electron chi connectivity index (χ0n) is 15.6. The summed E-state index contributed by atoms with van der Waals surface area (Å²) in [6.45, 7) is 3.27. The second kappa shape index (κ2) is 8.18. The van der Waals surface area contributed by atoms with Crippen LogP contribution >= 0.6 is 0 Å². The summed E-state index contributed by atoms with van der Waals surface area (Å²) in [6, 6.07) is 13.8. The molecule has 1 aromatic carbocycles. The average Bonchev–Trinajstić information content (AvgIpc) is 3.21. The third-order valence-electron chi connectivity index (χ3n) is 4.74. The summed E-state index contributed by atoms with van der Waals surface area (Å²) in [7, 11) is 0. The summed E-state index contributed by atoms with van der Waals surface area (Å²) < 4.78 is 5.51. The largest absolute Gasteiger partial charge is 0.391 e. The SMILES string of the molecule is Cc1cc(Nc2ccn[nH]2)nc(OC(=O)C2CNCC(c3ccccc3)C2)n1. The molecule has 2 atom stereocenters. The van der Waals surface area contributed by atoms with Gasteiger partial charge in [-0.05, 0) is 24.8 Å². The van der Waals surface area contributed by atoms with Gasteiger partial charge in [0.05, 0.1) is 12.1 Å². The molecule has 1 aliphatic heterocycles. The van der Waals surface area contributed by atoms with Crippen LogP contribution in [-0.4, -0.2) is 39.2 Å². The highest BCUT2D eigenvalue weighted by Crippen LogP contribution is 2.27. The Balaban J connectivity index is 1.43. The van der Waals surface area contributed by atoms with Gasteiger partial charge in [0.2, 0.25) is 0 Å². The fraction of sp³-hybridized carbons (Fsp3) is 0.300. The molecular weight excluding hydrogens is 356 g/mol. The summed E-state index contributed by atoms with van der Waals surface area (Å²) in [5.41, 5.74) is 1.93. The number of carbonyl (C=O) groups excluding carboxylic acids is 1. The number of benzene rings is 1. The smallest absolute Gasteiger partial charge is 0.326 e. The third-order valence-corrected chi connectivity index (χ3v) is 4.74. The summed E-state index contributed by atoms with van der Waals surface area (Å²) in [5.74, 6) is 0.947. The second-order valence-electron chi connectivity index (χ2n) is 6.89. The van der Waals surface area contributed by atoms with Gasteiger partial charge in [-0.2, -0.15) is 15.1 Å². The fourth-order valence-electron chi connectivity index (χ4n) is 3.39. The number of H-pyrrole nitrogens is 1. The molecule has 1 aliphatic rings. The van der Waals surface area contributed by atoms with Crippen molar-refractivity contribution in [2.24, 2.45) is 5.92 Å². The van der Waals surface area contributed by atoms with E-state index in [1.54, 1.807) is 18.3 Å². The minimum absolute atomic E-state index is 0.0499. The summed E-state index contributed by atoms with van der Waals surface area (Å²) in [6.07, 6.45) is 2.37. The van der Waals surface area contributed by atoms with E-state index in [1.807, 2.05) is 25.1 Å². The Morgan fingerprint density at radius 1 is 1.18 bits per heavy atom. The molecule has 28 heavy (non-hydrogen) atoms. The Morgan fingerprint density at radius 2 is 2.04 bits per heavy atom. The Bertz CT molecular complexity index is 929. The molecule has 0 saturated carbocycles. The fourth-order valence-corrected chi connectivity index (χ4v) is 3.39. The molecular formula is C20H22N6O2. The lowest BCUT2D eigenvalue weighted by atomic mass is 9.85. The zero-order valence-corrected chi connectivity index (χ0v) is 15.6. The number of aromatic nitrogens is 4. The average molecular weight is 378 g/mol. The molecule has 2 aromatic heterocycles. The van der Waals surface area contributed by atoms with Crippen LogP contribution in [0.4, 0.5) is 11.6 Å². The summed E-state index contributed by atoms with van der Waals surface area (Å²) in [5, 5.41) is 13.1. The Hall–Kier alpha value is -3.26. The number of hydrogen-bond donors (Lipinski definition) is 3. The van der Waals surface area contributed by atoms with Crippen LogP contribution in [0, 0.1) is 12.8 Å². The summed E-state index contributed by atoms with van der Waals surface area (Å²) >= 11 is 0. The number of rotatable bonds is 5. The predicted octanol–water partition coefficient (Wildman–Crippen LogP) is 2.55. The minimum Gasteiger partial charge on any atom is -0.391 e. The van der Waals surface area contributed by atoms with Crippen molar-refractivity contribution in [1.29, 1.82) is 0 Å². The lowest BCUT2D eigenvalue weighted by molar-refractivity contribution is -0.140. The molecule has 2 unspecified atom stereocenters. The first-order chi connectivity index (χ1) is 13.7. The maximum atomic E-state index is 12.7. The number of piperidine rings is 1. The van der Waals surface area contributed by atoms with Crippen molar-refractivity contribution in [2.45, 2.75) is 19.3 Å². The van der Waals surface area contributed by atoms with Crippen molar-refractivity contribution in [2.75, 3.05) is 18.4 Å². The van der Waals surface area contributed by atoms with Gasteiger partial charge in [-0.3, -0.25) is 9.89 Å². The van der Waals surface area contributed by atoms with Crippen molar-refractivity contribution in [1.82, 2.24) is 25.5 Å². The second-order valence-corrected chi connectivity index (χ2v) is 6.89. The van der Waals surface area contributed by atoms with Gasteiger partial charge in [0.25, 0.3) is 0 Å². The van der Waals surface area contributed by atoms with Crippen molar-refractivity contribution in [3.8, 4) is 6.01 Å². The monoisotopic (exact) mass is 378 g/mol. The molecule has 0 spiro atoms. The maximum Gasteiger partial charge on any atom is 0.326 e. The first-order valence-electron chi connectivity index (χ1n) is 9.27. The molecule has 0 radical (unpaired) electrons. The maximum absolute atomic E-state index is 12.7. The van der Waals surface area contributed by atoms with Crippen molar-refractivity contribution < 1.29 is 9.53 Å². The first kappa shape index (κ1) is 18.1. The van der Waals surface area contributed by atoms with E-state index in [4.69, 9.17) is 4.74 Å². The number of esters is 1. The van der Waals surface area contributed by atoms with Gasteiger partial charge in [0.15, 0.2) is 0 Å². The van der Waals surface area contributed by atoms with Gasteiger partial charge in [-0.15, -0.1) is 0 Å². The van der Waals surface area contributed by atoms with Gasteiger partial charge in [-0.25, -0.2) is 0 Å². The van der Waals surface area contributed by atoms with Crippen LogP contribution in [0.2, 0.25) is 0 Å². The van der Waals surface area contributed by atoms with Crippen LogP contribution in [0.25, 0.3) is 0 Å². The third kappa shape index (κ3) is 4.34. The quantitative estimate of drug-likeness (QED) is 0.586. The topological polar surface area (TPSA) is 105 Å². The number of hydrogen-bond acceptors (Lipinski definition) is 7. The molecule has 1 fully saturated rings. The number of nitrogens with zero attached hydrogens (tertiary/aromatic N) is 3. The van der Waals surface area contributed by atoms with E-state index in [-0.39, 0.29) is 23.8 Å². The van der Waals surface area contributed by atoms with Crippen molar-refractivity contribution in [3.05, 3.63) is 59.9 Å². The Kier molecular flexibility index (Phi) is 5.29. The minimum atomic E-state index is -0.314. The molecule has 8 heteroatoms. The Labute approximate surface area is 162 Å². The number of ether oxygens (including phenoxy) is 1. The van der Waals surface area contributed by atoms with Crippen LogP contribution in [0.15, 0.2) is 48.7 Å². The molecule has 144 valence electrons. The first-order valence-corrected chi connectivity index (χ1v) is 9.27. The highest BCUT2D eigenvalue weighted by molar-refractivity contribution is 5.75. The van der Waals surface area contributed by atoms with E-state index in [1.165, 1.54) is 5.56 Å². The van der Waals surface area contributed by atoms with E-state index >= 15 is 0 Å². The lowest BCUT2D eigenvalue weighted by Gasteiger charge is -2.28. The highest BCUT2D eigenvalue weighted by Gasteiger charge is 2.30. The highest BCUT2D eigenvalue weighted by atomic mass is 16.5. The Morgan fingerprint density at radius 3 is 2.82 bits per heavy atom. The van der Waals surface area contributed by atoms with Gasteiger partial charge in [0, 0.05) is 30.9 Å². The molecule has 4 rings (SSSR count). The van der Waals surface area contributed by atoms with Crippen LogP contribution in [0.3, 0.4) is 0 Å². The van der Waals surface area contributed by atoms with E-state index in [9.17, 15) is 4.79 Å². The van der Waals surface area contributed by atoms with E-state index in [0.29, 0.717) is 23.9 Å². The van der Waals surface area contributed by atoms with Crippen molar-refractivity contribution >= 4 is 17.6 Å². The van der Waals surface area contributed by atoms with Gasteiger partial charge in [0.1, 0.15) is 11.6 Å². The summed E-state index contributed by atoms with van der Waals surface area (Å²) in [4.78, 5) is 21.2. The van der Waals surface area contributed by atoms with Gasteiger partial charge in [-0.1, -0.05) is 30.3 Å². The molecule has 1 saturated heterocycles. The molecule has 3 aromatic rings. The molecule has 0 amide bonds. The number of anilines is 2. The number of aryl methyl sites for hydroxylation is 1. The molecule has 8 nitrogen and oxygen atoms in total. The molecule has 3 heterocycles. The molecule has 0 bridgehead atoms. The zero-order chi connectivity index (χ0) is 19.3. The van der Waals surface area contributed by atoms with Gasteiger partial charge >= 0.3 is 12.0 Å². The van der Waals surface area contributed by atoms with Crippen LogP contribution in [-0.2, 0) is 4.79 Å². The van der Waals surface area contributed by atoms with E-state index in [2.05, 4.69) is 42.9 Å². The molecule has 3 N–H and O–H groups in total. The lowest BCUT2D eigenvalue weighted by Crippen LogP contribution is -2.40. The van der Waals surface area contributed by atoms with Gasteiger partial charge < -0.3 is 15.4 Å². The number of carbonyl (C=O) groups is 1. The normalized spacial score (nSPS) is 19.2. The van der Waals surface area contributed by atoms with Crippen LogP contribution < -0.4 is 15.4 Å².